The van der Waals surface area contributed by atoms with Gasteiger partial charge in [-0.05, 0) is 19.1 Å². The van der Waals surface area contributed by atoms with Gasteiger partial charge in [0.25, 0.3) is 5.56 Å². The number of nitrogens with one attached hydrogen (secondary N) is 1. The first kappa shape index (κ1) is 23.0. The SMILES string of the molecule is C/C=C\c1ccc2n(c1=O)C[C@@H]1[C@@H](CO)[C@H](C(=O)NCCc3cn(C)cn3)N(C(=O)CC)[C@H]21. The normalized spacial score (nSPS) is 23.7. The summed E-state index contributed by atoms with van der Waals surface area (Å²) < 4.78 is 3.54. The van der Waals surface area contributed by atoms with E-state index in [0.29, 0.717) is 25.1 Å². The highest BCUT2D eigenvalue weighted by molar-refractivity contribution is 5.89. The van der Waals surface area contributed by atoms with Crippen LogP contribution in [0.5, 0.6) is 0 Å². The van der Waals surface area contributed by atoms with Crippen LogP contribution in [0.1, 0.15) is 43.3 Å². The summed E-state index contributed by atoms with van der Waals surface area (Å²) in [4.78, 5) is 45.2. The molecule has 2 aliphatic rings. The van der Waals surface area contributed by atoms with Crippen LogP contribution in [-0.2, 0) is 29.6 Å². The molecule has 2 N–H and O–H groups in total. The number of amides is 2. The van der Waals surface area contributed by atoms with E-state index in [1.807, 2.05) is 36.9 Å². The Labute approximate surface area is 192 Å². The van der Waals surface area contributed by atoms with E-state index in [9.17, 15) is 19.5 Å². The molecule has 9 heteroatoms. The summed E-state index contributed by atoms with van der Waals surface area (Å²) in [5, 5.41) is 13.2. The topological polar surface area (TPSA) is 109 Å². The molecule has 0 spiro atoms. The van der Waals surface area contributed by atoms with Crippen molar-refractivity contribution in [2.24, 2.45) is 18.9 Å². The molecule has 1 saturated heterocycles. The number of rotatable bonds is 7. The zero-order chi connectivity index (χ0) is 23.7. The van der Waals surface area contributed by atoms with Crippen LogP contribution in [0.15, 0.2) is 35.5 Å². The number of aromatic nitrogens is 3. The summed E-state index contributed by atoms with van der Waals surface area (Å²) >= 11 is 0. The van der Waals surface area contributed by atoms with Gasteiger partial charge in [-0.3, -0.25) is 14.4 Å². The van der Waals surface area contributed by atoms with Gasteiger partial charge in [0.05, 0.1) is 18.1 Å². The van der Waals surface area contributed by atoms with Gasteiger partial charge in [-0.1, -0.05) is 19.1 Å². The molecule has 0 aliphatic carbocycles. The van der Waals surface area contributed by atoms with Crippen molar-refractivity contribution in [3.05, 3.63) is 58.0 Å². The number of carbonyl (C=O) groups is 2. The van der Waals surface area contributed by atoms with Crippen LogP contribution in [-0.4, -0.2) is 55.1 Å². The van der Waals surface area contributed by atoms with Crippen LogP contribution in [0.2, 0.25) is 0 Å². The minimum Gasteiger partial charge on any atom is -0.396 e. The Morgan fingerprint density at radius 3 is 2.76 bits per heavy atom. The molecular formula is C24H31N5O4. The number of fused-ring (bicyclic) bond motifs is 3. The zero-order valence-corrected chi connectivity index (χ0v) is 19.3. The first-order chi connectivity index (χ1) is 15.9. The lowest BCUT2D eigenvalue weighted by atomic mass is 9.88. The van der Waals surface area contributed by atoms with E-state index in [0.717, 1.165) is 11.4 Å². The van der Waals surface area contributed by atoms with E-state index < -0.39 is 18.0 Å². The van der Waals surface area contributed by atoms with E-state index in [-0.39, 0.29) is 36.3 Å². The molecule has 176 valence electrons. The molecule has 4 rings (SSSR count). The van der Waals surface area contributed by atoms with Gasteiger partial charge < -0.3 is 24.5 Å². The molecule has 4 atom stereocenters. The Morgan fingerprint density at radius 2 is 2.12 bits per heavy atom. The summed E-state index contributed by atoms with van der Waals surface area (Å²) in [5.74, 6) is -1.10. The smallest absolute Gasteiger partial charge is 0.258 e. The van der Waals surface area contributed by atoms with Crippen molar-refractivity contribution in [2.45, 2.75) is 45.3 Å². The van der Waals surface area contributed by atoms with Crippen molar-refractivity contribution in [3.8, 4) is 0 Å². The Hall–Kier alpha value is -3.20. The fraction of sp³-hybridized carbons (Fsp3) is 0.500. The van der Waals surface area contributed by atoms with Gasteiger partial charge in [0.15, 0.2) is 0 Å². The number of aliphatic hydroxyl groups excluding tert-OH is 1. The fourth-order valence-corrected chi connectivity index (χ4v) is 5.29. The average Bonchev–Trinajstić information content (AvgIpc) is 3.47. The minimum atomic E-state index is -0.778. The molecule has 0 radical (unpaired) electrons. The van der Waals surface area contributed by atoms with Gasteiger partial charge in [0.1, 0.15) is 6.04 Å². The van der Waals surface area contributed by atoms with Crippen molar-refractivity contribution in [1.82, 2.24) is 24.3 Å². The third-order valence-corrected chi connectivity index (χ3v) is 6.75. The standard InChI is InChI=1S/C24H31N5O4/c1-4-6-15-7-8-19-21-17(12-28(19)24(15)33)18(13-30)22(29(21)20(31)5-2)23(32)25-10-9-16-11-27(3)14-26-16/h4,6-8,11,14,17-18,21-22,30H,5,9-10,12-13H2,1-3H3,(H,25,32)/b6-4-/t17-,18-,21+,22-/m1/s1. The number of hydrogen-bond donors (Lipinski definition) is 2. The van der Waals surface area contributed by atoms with Crippen LogP contribution in [0.4, 0.5) is 0 Å². The van der Waals surface area contributed by atoms with Gasteiger partial charge in [-0.15, -0.1) is 0 Å². The Morgan fingerprint density at radius 1 is 1.33 bits per heavy atom. The second-order valence-electron chi connectivity index (χ2n) is 8.76. The predicted octanol–water partition coefficient (Wildman–Crippen LogP) is 0.874. The van der Waals surface area contributed by atoms with Crippen LogP contribution in [0.25, 0.3) is 6.08 Å². The van der Waals surface area contributed by atoms with E-state index >= 15 is 0 Å². The molecule has 2 aromatic heterocycles. The number of allylic oxidation sites excluding steroid dienone is 1. The molecule has 2 aromatic rings. The van der Waals surface area contributed by atoms with Gasteiger partial charge in [0, 0.05) is 68.9 Å². The third kappa shape index (κ3) is 4.01. The molecule has 2 amide bonds. The van der Waals surface area contributed by atoms with E-state index in [1.165, 1.54) is 0 Å². The van der Waals surface area contributed by atoms with E-state index in [4.69, 9.17) is 0 Å². The highest BCUT2D eigenvalue weighted by Gasteiger charge is 2.56. The summed E-state index contributed by atoms with van der Waals surface area (Å²) in [6.45, 7) is 4.14. The first-order valence-corrected chi connectivity index (χ1v) is 11.4. The number of nitrogens with zero attached hydrogens (tertiary/aromatic N) is 4. The number of aliphatic hydroxyl groups is 1. The summed E-state index contributed by atoms with van der Waals surface area (Å²) in [7, 11) is 1.89. The van der Waals surface area contributed by atoms with Gasteiger partial charge in [-0.2, -0.15) is 0 Å². The number of imidazole rings is 1. The lowest BCUT2D eigenvalue weighted by Crippen LogP contribution is -2.50. The summed E-state index contributed by atoms with van der Waals surface area (Å²) in [6.07, 6.45) is 7.99. The maximum atomic E-state index is 13.3. The van der Waals surface area contributed by atoms with Crippen molar-refractivity contribution < 1.29 is 14.7 Å². The number of carbonyl (C=O) groups excluding carboxylic acids is 2. The lowest BCUT2D eigenvalue weighted by Gasteiger charge is -2.30. The molecule has 9 nitrogen and oxygen atoms in total. The highest BCUT2D eigenvalue weighted by Crippen LogP contribution is 2.49. The van der Waals surface area contributed by atoms with Crippen LogP contribution >= 0.6 is 0 Å². The molecule has 0 unspecified atom stereocenters. The Kier molecular flexibility index (Phi) is 6.51. The van der Waals surface area contributed by atoms with Gasteiger partial charge in [0.2, 0.25) is 11.8 Å². The maximum Gasteiger partial charge on any atom is 0.258 e. The van der Waals surface area contributed by atoms with Crippen molar-refractivity contribution in [3.63, 3.8) is 0 Å². The zero-order valence-electron chi connectivity index (χ0n) is 19.3. The predicted molar refractivity (Wildman–Crippen MR) is 123 cm³/mol. The molecule has 1 fully saturated rings. The Balaban J connectivity index is 1.62. The molecule has 0 aromatic carbocycles. The highest BCUT2D eigenvalue weighted by atomic mass is 16.3. The summed E-state index contributed by atoms with van der Waals surface area (Å²) in [6, 6.07) is 2.45. The van der Waals surface area contributed by atoms with Gasteiger partial charge in [-0.25, -0.2) is 4.98 Å². The van der Waals surface area contributed by atoms with E-state index in [2.05, 4.69) is 10.3 Å². The number of pyridine rings is 1. The van der Waals surface area contributed by atoms with Crippen LogP contribution in [0.3, 0.4) is 0 Å². The largest absolute Gasteiger partial charge is 0.396 e. The number of aryl methyl sites for hydroxylation is 1. The quantitative estimate of drug-likeness (QED) is 0.647. The van der Waals surface area contributed by atoms with Gasteiger partial charge >= 0.3 is 0 Å². The number of likely N-dealkylation sites (tertiary alicyclic amines) is 1. The second kappa shape index (κ2) is 9.35. The van der Waals surface area contributed by atoms with Crippen molar-refractivity contribution in [2.75, 3.05) is 13.2 Å². The fourth-order valence-electron chi connectivity index (χ4n) is 5.29. The third-order valence-electron chi connectivity index (χ3n) is 6.75. The van der Waals surface area contributed by atoms with Crippen LogP contribution < -0.4 is 10.9 Å². The number of hydrogen-bond acceptors (Lipinski definition) is 5. The van der Waals surface area contributed by atoms with E-state index in [1.54, 1.807) is 34.9 Å². The lowest BCUT2D eigenvalue weighted by molar-refractivity contribution is -0.141. The molecule has 4 heterocycles. The van der Waals surface area contributed by atoms with Crippen molar-refractivity contribution >= 4 is 17.9 Å². The molecule has 33 heavy (non-hydrogen) atoms. The maximum absolute atomic E-state index is 13.3. The average molecular weight is 454 g/mol. The van der Waals surface area contributed by atoms with Crippen molar-refractivity contribution in [1.29, 1.82) is 0 Å². The second-order valence-corrected chi connectivity index (χ2v) is 8.76. The molecular weight excluding hydrogens is 422 g/mol. The minimum absolute atomic E-state index is 0.114. The Bertz CT molecular complexity index is 1130. The first-order valence-electron chi connectivity index (χ1n) is 11.4. The summed E-state index contributed by atoms with van der Waals surface area (Å²) in [5.41, 5.74) is 2.06. The monoisotopic (exact) mass is 453 g/mol. The van der Waals surface area contributed by atoms with Crippen LogP contribution in [0, 0.1) is 11.8 Å². The molecule has 0 bridgehead atoms. The molecule has 2 aliphatic heterocycles. The molecule has 0 saturated carbocycles.